The molecular formula is C30H40N8O4. The average Bonchev–Trinajstić information content (AvgIpc) is 3.21. The quantitative estimate of drug-likeness (QED) is 0.435. The van der Waals surface area contributed by atoms with Crippen LogP contribution in [0.15, 0.2) is 42.9 Å². The zero-order chi connectivity index (χ0) is 30.0. The fraction of sp³-hybridized carbons (Fsp3) is 0.500. The zero-order valence-corrected chi connectivity index (χ0v) is 25.1. The molecule has 42 heavy (non-hydrogen) atoms. The first-order valence-electron chi connectivity index (χ1n) is 14.3. The molecule has 3 aromatic rings. The smallest absolute Gasteiger partial charge is 0.410 e. The van der Waals surface area contributed by atoms with Gasteiger partial charge in [-0.3, -0.25) is 4.68 Å². The second-order valence-electron chi connectivity index (χ2n) is 12.1. The van der Waals surface area contributed by atoms with Crippen LogP contribution in [-0.4, -0.2) is 79.1 Å². The maximum atomic E-state index is 13.2. The number of urea groups is 1. The average molecular weight is 577 g/mol. The summed E-state index contributed by atoms with van der Waals surface area (Å²) < 4.78 is 13.2. The van der Waals surface area contributed by atoms with Crippen molar-refractivity contribution in [2.24, 2.45) is 7.05 Å². The summed E-state index contributed by atoms with van der Waals surface area (Å²) in [5.41, 5.74) is 3.66. The Morgan fingerprint density at radius 2 is 1.90 bits per heavy atom. The molecule has 1 fully saturated rings. The van der Waals surface area contributed by atoms with E-state index in [2.05, 4.69) is 20.7 Å². The molecule has 0 bridgehead atoms. The summed E-state index contributed by atoms with van der Waals surface area (Å²) in [7, 11) is 1.84. The molecule has 5 rings (SSSR count). The highest BCUT2D eigenvalue weighted by molar-refractivity contribution is 5.76. The predicted molar refractivity (Wildman–Crippen MR) is 158 cm³/mol. The third-order valence-electron chi connectivity index (χ3n) is 7.03. The van der Waals surface area contributed by atoms with Crippen LogP contribution >= 0.6 is 0 Å². The Hall–Kier alpha value is -4.19. The number of nitrogens with zero attached hydrogens (tertiary/aromatic N) is 6. The van der Waals surface area contributed by atoms with Gasteiger partial charge in [0.2, 0.25) is 5.95 Å². The molecule has 2 aliphatic heterocycles. The number of aryl methyl sites for hydroxylation is 1. The van der Waals surface area contributed by atoms with Crippen molar-refractivity contribution < 1.29 is 19.1 Å². The molecule has 12 heteroatoms. The number of amides is 3. The fourth-order valence-corrected chi connectivity index (χ4v) is 5.11. The van der Waals surface area contributed by atoms with E-state index in [-0.39, 0.29) is 30.4 Å². The largest absolute Gasteiger partial charge is 0.444 e. The molecule has 0 aliphatic carbocycles. The number of fused-ring (bicyclic) bond motifs is 1. The van der Waals surface area contributed by atoms with E-state index in [1.54, 1.807) is 26.9 Å². The van der Waals surface area contributed by atoms with Gasteiger partial charge in [-0.15, -0.1) is 0 Å². The second kappa shape index (κ2) is 12.0. The molecule has 3 amide bonds. The number of hydrogen-bond donors (Lipinski definition) is 2. The highest BCUT2D eigenvalue weighted by Gasteiger charge is 2.35. The van der Waals surface area contributed by atoms with Crippen LogP contribution in [0.4, 0.5) is 21.2 Å². The Labute approximate surface area is 246 Å². The Morgan fingerprint density at radius 1 is 1.12 bits per heavy atom. The van der Waals surface area contributed by atoms with Crippen molar-refractivity contribution in [2.75, 3.05) is 25.0 Å². The lowest BCUT2D eigenvalue weighted by Crippen LogP contribution is -2.58. The standard InChI is InChI=1S/C30H40N8O4/c1-19(2)41-23-17-38(18-23)28(39)35-26-10-12-37(29(40)42-30(3,4)5)15-21-13-20(7-8-24(21)26)25-9-11-31-27(34-25)33-22-14-32-36(6)16-22/h7-9,11,13-14,16,19,23,26H,10,12,15,17-18H2,1-6H3,(H,35,39)(H,31,33,34). The number of ether oxygens (including phenoxy) is 2. The van der Waals surface area contributed by atoms with E-state index in [1.165, 1.54) is 0 Å². The highest BCUT2D eigenvalue weighted by Crippen LogP contribution is 2.32. The van der Waals surface area contributed by atoms with E-state index in [9.17, 15) is 9.59 Å². The molecule has 2 N–H and O–H groups in total. The molecule has 1 unspecified atom stereocenters. The molecule has 0 saturated carbocycles. The molecule has 1 aromatic carbocycles. The lowest BCUT2D eigenvalue weighted by Gasteiger charge is -2.40. The predicted octanol–water partition coefficient (Wildman–Crippen LogP) is 4.62. The molecule has 224 valence electrons. The number of carbonyl (C=O) groups is 2. The Balaban J connectivity index is 1.38. The van der Waals surface area contributed by atoms with Gasteiger partial charge < -0.3 is 29.9 Å². The van der Waals surface area contributed by atoms with Crippen LogP contribution < -0.4 is 10.6 Å². The summed E-state index contributed by atoms with van der Waals surface area (Å²) in [5, 5.41) is 10.6. The number of nitrogens with one attached hydrogen (secondary N) is 2. The summed E-state index contributed by atoms with van der Waals surface area (Å²) in [6.45, 7) is 11.5. The van der Waals surface area contributed by atoms with Crippen LogP contribution in [0.2, 0.25) is 0 Å². The number of rotatable bonds is 6. The van der Waals surface area contributed by atoms with Gasteiger partial charge in [-0.25, -0.2) is 19.6 Å². The van der Waals surface area contributed by atoms with Crippen LogP contribution in [-0.2, 0) is 23.1 Å². The minimum Gasteiger partial charge on any atom is -0.444 e. The Bertz CT molecular complexity index is 1430. The van der Waals surface area contributed by atoms with Gasteiger partial charge in [0.15, 0.2) is 0 Å². The van der Waals surface area contributed by atoms with Crippen LogP contribution in [0, 0.1) is 0 Å². The maximum Gasteiger partial charge on any atom is 0.410 e. The van der Waals surface area contributed by atoms with Gasteiger partial charge in [-0.1, -0.05) is 12.1 Å². The molecular weight excluding hydrogens is 536 g/mol. The second-order valence-corrected chi connectivity index (χ2v) is 12.1. The molecule has 2 aliphatic rings. The van der Waals surface area contributed by atoms with E-state index >= 15 is 0 Å². The van der Waals surface area contributed by atoms with Crippen molar-refractivity contribution in [1.29, 1.82) is 0 Å². The SMILES string of the molecule is CC(C)OC1CN(C(=O)NC2CCN(C(=O)OC(C)(C)C)Cc3cc(-c4ccnc(Nc5cnn(C)c5)n4)ccc32)C1. The normalized spacial score (nSPS) is 17.4. The van der Waals surface area contributed by atoms with E-state index in [0.29, 0.717) is 38.5 Å². The van der Waals surface area contributed by atoms with Gasteiger partial charge in [0, 0.05) is 38.1 Å². The van der Waals surface area contributed by atoms with E-state index in [4.69, 9.17) is 14.5 Å². The van der Waals surface area contributed by atoms with E-state index < -0.39 is 5.60 Å². The van der Waals surface area contributed by atoms with Gasteiger partial charge in [-0.2, -0.15) is 5.10 Å². The number of carbonyl (C=O) groups excluding carboxylic acids is 2. The van der Waals surface area contributed by atoms with E-state index in [1.807, 2.05) is 72.1 Å². The van der Waals surface area contributed by atoms with Gasteiger partial charge in [-0.05, 0) is 64.3 Å². The van der Waals surface area contributed by atoms with Crippen molar-refractivity contribution in [3.8, 4) is 11.3 Å². The third kappa shape index (κ3) is 7.17. The zero-order valence-electron chi connectivity index (χ0n) is 25.1. The van der Waals surface area contributed by atoms with Crippen molar-refractivity contribution in [1.82, 2.24) is 34.9 Å². The molecule has 0 radical (unpaired) electrons. The van der Waals surface area contributed by atoms with Crippen molar-refractivity contribution in [3.63, 3.8) is 0 Å². The lowest BCUT2D eigenvalue weighted by molar-refractivity contribution is -0.0644. The third-order valence-corrected chi connectivity index (χ3v) is 7.03. The number of benzene rings is 1. The van der Waals surface area contributed by atoms with Crippen LogP contribution in [0.25, 0.3) is 11.3 Å². The molecule has 0 spiro atoms. The number of likely N-dealkylation sites (tertiary alicyclic amines) is 1. The summed E-state index contributed by atoms with van der Waals surface area (Å²) in [4.78, 5) is 38.8. The fourth-order valence-electron chi connectivity index (χ4n) is 5.11. The maximum absolute atomic E-state index is 13.2. The highest BCUT2D eigenvalue weighted by atomic mass is 16.6. The van der Waals surface area contributed by atoms with Gasteiger partial charge in [0.1, 0.15) is 5.60 Å². The first kappa shape index (κ1) is 29.3. The summed E-state index contributed by atoms with van der Waals surface area (Å²) in [6, 6.07) is 7.48. The number of aromatic nitrogens is 4. The van der Waals surface area contributed by atoms with Gasteiger partial charge >= 0.3 is 12.1 Å². The first-order chi connectivity index (χ1) is 19.9. The summed E-state index contributed by atoms with van der Waals surface area (Å²) >= 11 is 0. The summed E-state index contributed by atoms with van der Waals surface area (Å²) in [5.74, 6) is 0.449. The molecule has 1 atom stereocenters. The lowest BCUT2D eigenvalue weighted by atomic mass is 9.96. The molecule has 1 saturated heterocycles. The minimum absolute atomic E-state index is 0.0628. The first-order valence-corrected chi connectivity index (χ1v) is 14.3. The monoisotopic (exact) mass is 576 g/mol. The van der Waals surface area contributed by atoms with Crippen molar-refractivity contribution >= 4 is 23.8 Å². The van der Waals surface area contributed by atoms with Crippen LogP contribution in [0.5, 0.6) is 0 Å². The molecule has 4 heterocycles. The minimum atomic E-state index is -0.619. The van der Waals surface area contributed by atoms with Crippen LogP contribution in [0.3, 0.4) is 0 Å². The molecule has 12 nitrogen and oxygen atoms in total. The topological polar surface area (TPSA) is 127 Å². The van der Waals surface area contributed by atoms with Crippen LogP contribution in [0.1, 0.15) is 58.2 Å². The summed E-state index contributed by atoms with van der Waals surface area (Å²) in [6.07, 6.45) is 5.61. The molecule has 2 aromatic heterocycles. The van der Waals surface area contributed by atoms with Crippen molar-refractivity contribution in [3.05, 3.63) is 54.0 Å². The number of hydrogen-bond acceptors (Lipinski definition) is 8. The Kier molecular flexibility index (Phi) is 8.35. The van der Waals surface area contributed by atoms with E-state index in [0.717, 1.165) is 28.1 Å². The Morgan fingerprint density at radius 3 is 2.60 bits per heavy atom. The van der Waals surface area contributed by atoms with Crippen molar-refractivity contribution in [2.45, 2.75) is 71.4 Å². The van der Waals surface area contributed by atoms with Gasteiger partial charge in [0.25, 0.3) is 0 Å². The number of anilines is 2. The van der Waals surface area contributed by atoms with Gasteiger partial charge in [0.05, 0.1) is 48.9 Å².